The van der Waals surface area contributed by atoms with Gasteiger partial charge >= 0.3 is 0 Å². The summed E-state index contributed by atoms with van der Waals surface area (Å²) in [7, 11) is 0. The largest absolute Gasteiger partial charge is 0.387 e. The van der Waals surface area contributed by atoms with Crippen molar-refractivity contribution in [3.63, 3.8) is 0 Å². The Morgan fingerprint density at radius 2 is 1.88 bits per heavy atom. The average molecular weight is 376 g/mol. The number of rotatable bonds is 3. The van der Waals surface area contributed by atoms with Crippen molar-refractivity contribution in [1.29, 1.82) is 0 Å². The number of hydrogen-bond acceptors (Lipinski definition) is 2. The Morgan fingerprint density at radius 1 is 1.24 bits per heavy atom. The van der Waals surface area contributed by atoms with E-state index < -0.39 is 6.10 Å². The van der Waals surface area contributed by atoms with Crippen LogP contribution in [0.25, 0.3) is 0 Å². The molecule has 1 aromatic heterocycles. The van der Waals surface area contributed by atoms with Gasteiger partial charge in [0.25, 0.3) is 0 Å². The van der Waals surface area contributed by atoms with Crippen LogP contribution in [0.5, 0.6) is 0 Å². The van der Waals surface area contributed by atoms with E-state index in [1.54, 1.807) is 11.3 Å². The first kappa shape index (κ1) is 13.3. The van der Waals surface area contributed by atoms with E-state index in [1.165, 1.54) is 5.56 Å². The second-order valence-electron chi connectivity index (χ2n) is 3.95. The van der Waals surface area contributed by atoms with Crippen LogP contribution in [0.2, 0.25) is 0 Å². The quantitative estimate of drug-likeness (QED) is 0.812. The number of aliphatic hydroxyl groups excluding tert-OH is 1. The van der Waals surface area contributed by atoms with E-state index in [4.69, 9.17) is 0 Å². The third-order valence-corrected chi connectivity index (χ3v) is 5.31. The molecule has 17 heavy (non-hydrogen) atoms. The minimum atomic E-state index is -0.425. The standard InChI is InChI=1S/C13H12Br2OS/c1-8-6-12(17-13(8)15)11(16)7-9-2-4-10(14)5-3-9/h2-6,11,16H,7H2,1H3. The van der Waals surface area contributed by atoms with Gasteiger partial charge < -0.3 is 5.11 Å². The zero-order valence-corrected chi connectivity index (χ0v) is 13.3. The Bertz CT molecular complexity index is 485. The first-order valence-corrected chi connectivity index (χ1v) is 7.65. The molecule has 0 spiro atoms. The summed E-state index contributed by atoms with van der Waals surface area (Å²) in [6, 6.07) is 10.1. The van der Waals surface area contributed by atoms with Crippen LogP contribution >= 0.6 is 43.2 Å². The van der Waals surface area contributed by atoms with Crippen LogP contribution in [0, 0.1) is 6.92 Å². The molecule has 2 aromatic rings. The van der Waals surface area contributed by atoms with E-state index in [0.717, 1.165) is 18.7 Å². The lowest BCUT2D eigenvalue weighted by Crippen LogP contribution is -1.99. The van der Waals surface area contributed by atoms with Gasteiger partial charge in [-0.2, -0.15) is 0 Å². The van der Waals surface area contributed by atoms with Crippen LogP contribution in [0.3, 0.4) is 0 Å². The third kappa shape index (κ3) is 3.41. The second-order valence-corrected chi connectivity index (χ2v) is 7.27. The maximum atomic E-state index is 10.2. The summed E-state index contributed by atoms with van der Waals surface area (Å²) >= 11 is 8.49. The van der Waals surface area contributed by atoms with Gasteiger partial charge in [-0.3, -0.25) is 0 Å². The topological polar surface area (TPSA) is 20.2 Å². The molecule has 0 bridgehead atoms. The molecule has 0 fully saturated rings. The summed E-state index contributed by atoms with van der Waals surface area (Å²) in [5.74, 6) is 0. The molecule has 0 aliphatic heterocycles. The zero-order valence-electron chi connectivity index (χ0n) is 9.28. The van der Waals surface area contributed by atoms with Gasteiger partial charge in [-0.1, -0.05) is 28.1 Å². The van der Waals surface area contributed by atoms with Gasteiger partial charge in [-0.25, -0.2) is 0 Å². The van der Waals surface area contributed by atoms with Gasteiger partial charge in [0.2, 0.25) is 0 Å². The van der Waals surface area contributed by atoms with E-state index >= 15 is 0 Å². The van der Waals surface area contributed by atoms with E-state index in [9.17, 15) is 5.11 Å². The molecule has 1 aromatic carbocycles. The fourth-order valence-electron chi connectivity index (χ4n) is 1.59. The molecule has 4 heteroatoms. The average Bonchev–Trinajstić information content (AvgIpc) is 2.63. The minimum absolute atomic E-state index is 0.425. The molecule has 0 saturated carbocycles. The Kier molecular flexibility index (Phi) is 4.42. The Balaban J connectivity index is 2.11. The summed E-state index contributed by atoms with van der Waals surface area (Å²) in [6.07, 6.45) is 0.228. The van der Waals surface area contributed by atoms with Crippen molar-refractivity contribution < 1.29 is 5.11 Å². The van der Waals surface area contributed by atoms with Crippen molar-refractivity contribution in [2.45, 2.75) is 19.4 Å². The molecule has 0 aliphatic carbocycles. The summed E-state index contributed by atoms with van der Waals surface area (Å²) in [5.41, 5.74) is 2.32. The summed E-state index contributed by atoms with van der Waals surface area (Å²) in [4.78, 5) is 1.01. The van der Waals surface area contributed by atoms with Crippen molar-refractivity contribution in [2.75, 3.05) is 0 Å². The molecule has 1 N–H and O–H groups in total. The Hall–Kier alpha value is -0.160. The number of aryl methyl sites for hydroxylation is 1. The molecular weight excluding hydrogens is 364 g/mol. The highest BCUT2D eigenvalue weighted by Gasteiger charge is 2.12. The lowest BCUT2D eigenvalue weighted by molar-refractivity contribution is 0.182. The van der Waals surface area contributed by atoms with Gasteiger partial charge in [-0.15, -0.1) is 11.3 Å². The third-order valence-electron chi connectivity index (χ3n) is 2.55. The lowest BCUT2D eigenvalue weighted by Gasteiger charge is -2.08. The summed E-state index contributed by atoms with van der Waals surface area (Å²) in [5, 5.41) is 10.2. The maximum absolute atomic E-state index is 10.2. The van der Waals surface area contributed by atoms with Gasteiger partial charge in [0.1, 0.15) is 0 Å². The first-order valence-electron chi connectivity index (χ1n) is 5.24. The van der Waals surface area contributed by atoms with E-state index in [1.807, 2.05) is 37.3 Å². The molecule has 0 amide bonds. The van der Waals surface area contributed by atoms with Crippen molar-refractivity contribution >= 4 is 43.2 Å². The maximum Gasteiger partial charge on any atom is 0.0922 e. The van der Waals surface area contributed by atoms with Crippen molar-refractivity contribution in [3.8, 4) is 0 Å². The SMILES string of the molecule is Cc1cc(C(O)Cc2ccc(Br)cc2)sc1Br. The molecule has 0 aliphatic rings. The van der Waals surface area contributed by atoms with Crippen LogP contribution in [0.15, 0.2) is 38.6 Å². The smallest absolute Gasteiger partial charge is 0.0922 e. The van der Waals surface area contributed by atoms with E-state index in [-0.39, 0.29) is 0 Å². The minimum Gasteiger partial charge on any atom is -0.387 e. The van der Waals surface area contributed by atoms with Crippen LogP contribution in [-0.4, -0.2) is 5.11 Å². The van der Waals surface area contributed by atoms with Crippen LogP contribution < -0.4 is 0 Å². The number of benzene rings is 1. The lowest BCUT2D eigenvalue weighted by atomic mass is 10.1. The monoisotopic (exact) mass is 374 g/mol. The van der Waals surface area contributed by atoms with Crippen LogP contribution in [0.1, 0.15) is 22.1 Å². The molecule has 1 heterocycles. The molecule has 90 valence electrons. The molecule has 1 nitrogen and oxygen atoms in total. The van der Waals surface area contributed by atoms with Crippen molar-refractivity contribution in [1.82, 2.24) is 0 Å². The predicted octanol–water partition coefficient (Wildman–Crippen LogP) is 4.86. The predicted molar refractivity (Wildman–Crippen MR) is 79.6 cm³/mol. The van der Waals surface area contributed by atoms with Gasteiger partial charge in [-0.05, 0) is 52.2 Å². The zero-order chi connectivity index (χ0) is 12.4. The van der Waals surface area contributed by atoms with Gasteiger partial charge in [0.05, 0.1) is 9.89 Å². The first-order chi connectivity index (χ1) is 8.06. The highest BCUT2D eigenvalue weighted by atomic mass is 79.9. The second kappa shape index (κ2) is 5.65. The summed E-state index contributed by atoms with van der Waals surface area (Å²) < 4.78 is 2.16. The van der Waals surface area contributed by atoms with E-state index in [2.05, 4.69) is 31.9 Å². The molecule has 2 rings (SSSR count). The molecule has 0 saturated heterocycles. The molecule has 1 unspecified atom stereocenters. The molecule has 1 atom stereocenters. The fraction of sp³-hybridized carbons (Fsp3) is 0.231. The van der Waals surface area contributed by atoms with Crippen LogP contribution in [-0.2, 0) is 6.42 Å². The van der Waals surface area contributed by atoms with E-state index in [0.29, 0.717) is 6.42 Å². The number of halogens is 2. The highest BCUT2D eigenvalue weighted by Crippen LogP contribution is 2.32. The molecule has 0 radical (unpaired) electrons. The Labute approximate surface area is 122 Å². The van der Waals surface area contributed by atoms with Gasteiger partial charge in [0, 0.05) is 15.8 Å². The van der Waals surface area contributed by atoms with Crippen molar-refractivity contribution in [3.05, 3.63) is 54.6 Å². The summed E-state index contributed by atoms with van der Waals surface area (Å²) in [6.45, 7) is 2.04. The van der Waals surface area contributed by atoms with Crippen LogP contribution in [0.4, 0.5) is 0 Å². The number of aliphatic hydroxyl groups is 1. The molecular formula is C13H12Br2OS. The number of hydrogen-bond donors (Lipinski definition) is 1. The number of thiophene rings is 1. The van der Waals surface area contributed by atoms with Gasteiger partial charge in [0.15, 0.2) is 0 Å². The highest BCUT2D eigenvalue weighted by molar-refractivity contribution is 9.11. The van der Waals surface area contributed by atoms with Crippen molar-refractivity contribution in [2.24, 2.45) is 0 Å². The normalized spacial score (nSPS) is 12.7. The fourth-order valence-corrected chi connectivity index (χ4v) is 3.41. The Morgan fingerprint density at radius 3 is 2.41 bits per heavy atom.